The third kappa shape index (κ3) is 2.90. The number of nitrogens with one attached hydrogen (secondary N) is 1. The van der Waals surface area contributed by atoms with E-state index in [0.717, 1.165) is 11.5 Å². The molecule has 1 amide bonds. The van der Waals surface area contributed by atoms with Gasteiger partial charge in [-0.15, -0.1) is 0 Å². The lowest BCUT2D eigenvalue weighted by Crippen LogP contribution is -2.13. The van der Waals surface area contributed by atoms with Crippen LogP contribution in [0.3, 0.4) is 0 Å². The molecule has 0 unspecified atom stereocenters. The summed E-state index contributed by atoms with van der Waals surface area (Å²) in [7, 11) is 0. The number of aryl methyl sites for hydroxylation is 3. The highest BCUT2D eigenvalue weighted by atomic mass is 16.1. The smallest absolute Gasteiger partial charge is 0.248 e. The van der Waals surface area contributed by atoms with Crippen molar-refractivity contribution in [1.29, 1.82) is 0 Å². The Hall–Kier alpha value is -2.82. The van der Waals surface area contributed by atoms with Crippen molar-refractivity contribution in [2.45, 2.75) is 27.3 Å². The standard InChI is InChI=1S/C18H20N4O/c1-11-5-4-6-12(2)15(11)9-20-16-7-14(18(19)23)8-17-21-13(3)10-22(16)17/h4-8,10,20H,9H2,1-3H3,(H2,19,23). The van der Waals surface area contributed by atoms with Crippen molar-refractivity contribution in [3.8, 4) is 0 Å². The Labute approximate surface area is 135 Å². The van der Waals surface area contributed by atoms with Gasteiger partial charge in [0.1, 0.15) is 11.5 Å². The fourth-order valence-electron chi connectivity index (χ4n) is 2.79. The maximum absolute atomic E-state index is 11.5. The third-order valence-corrected chi connectivity index (χ3v) is 4.07. The van der Waals surface area contributed by atoms with E-state index in [2.05, 4.69) is 42.3 Å². The number of benzene rings is 1. The number of nitrogens with two attached hydrogens (primary N) is 1. The minimum Gasteiger partial charge on any atom is -0.367 e. The van der Waals surface area contributed by atoms with Gasteiger partial charge in [-0.3, -0.25) is 9.20 Å². The zero-order valence-electron chi connectivity index (χ0n) is 13.6. The van der Waals surface area contributed by atoms with Crippen molar-refractivity contribution in [2.75, 3.05) is 5.32 Å². The van der Waals surface area contributed by atoms with E-state index in [4.69, 9.17) is 5.73 Å². The summed E-state index contributed by atoms with van der Waals surface area (Å²) < 4.78 is 1.94. The number of rotatable bonds is 4. The SMILES string of the molecule is Cc1cn2c(NCc3c(C)cccc3C)cc(C(N)=O)cc2n1. The summed E-state index contributed by atoms with van der Waals surface area (Å²) in [6.45, 7) is 6.79. The summed E-state index contributed by atoms with van der Waals surface area (Å²) in [4.78, 5) is 16.0. The molecule has 2 aromatic heterocycles. The average molecular weight is 308 g/mol. The highest BCUT2D eigenvalue weighted by Gasteiger charge is 2.10. The molecule has 5 nitrogen and oxygen atoms in total. The fourth-order valence-corrected chi connectivity index (χ4v) is 2.79. The van der Waals surface area contributed by atoms with E-state index in [9.17, 15) is 4.79 Å². The molecule has 0 bridgehead atoms. The first kappa shape index (κ1) is 15.1. The van der Waals surface area contributed by atoms with Gasteiger partial charge in [0.25, 0.3) is 0 Å². The lowest BCUT2D eigenvalue weighted by molar-refractivity contribution is 0.100. The van der Waals surface area contributed by atoms with Gasteiger partial charge < -0.3 is 11.1 Å². The first-order valence-electron chi connectivity index (χ1n) is 7.54. The van der Waals surface area contributed by atoms with Crippen molar-refractivity contribution in [3.05, 3.63) is 64.5 Å². The number of aromatic nitrogens is 2. The number of carbonyl (C=O) groups is 1. The summed E-state index contributed by atoms with van der Waals surface area (Å²) in [6.07, 6.45) is 1.94. The Morgan fingerprint density at radius 3 is 2.57 bits per heavy atom. The molecule has 0 fully saturated rings. The lowest BCUT2D eigenvalue weighted by atomic mass is 10.0. The van der Waals surface area contributed by atoms with Crippen LogP contribution in [-0.4, -0.2) is 15.3 Å². The zero-order valence-corrected chi connectivity index (χ0v) is 13.6. The summed E-state index contributed by atoms with van der Waals surface area (Å²) >= 11 is 0. The van der Waals surface area contributed by atoms with Crippen LogP contribution in [0.1, 0.15) is 32.7 Å². The molecule has 118 valence electrons. The molecule has 1 aromatic carbocycles. The summed E-state index contributed by atoms with van der Waals surface area (Å²) in [5, 5.41) is 3.41. The van der Waals surface area contributed by atoms with Gasteiger partial charge in [0.15, 0.2) is 0 Å². The normalized spacial score (nSPS) is 10.9. The molecule has 5 heteroatoms. The van der Waals surface area contributed by atoms with E-state index in [0.29, 0.717) is 17.8 Å². The molecule has 0 aliphatic rings. The van der Waals surface area contributed by atoms with E-state index in [-0.39, 0.29) is 0 Å². The van der Waals surface area contributed by atoms with Gasteiger partial charge in [0.05, 0.1) is 5.69 Å². The van der Waals surface area contributed by atoms with Crippen molar-refractivity contribution in [2.24, 2.45) is 5.73 Å². The number of pyridine rings is 1. The first-order valence-corrected chi connectivity index (χ1v) is 7.54. The third-order valence-electron chi connectivity index (χ3n) is 4.07. The Kier molecular flexibility index (Phi) is 3.78. The lowest BCUT2D eigenvalue weighted by Gasteiger charge is -2.14. The second kappa shape index (κ2) is 5.76. The molecule has 0 saturated heterocycles. The molecule has 0 radical (unpaired) electrons. The van der Waals surface area contributed by atoms with Crippen LogP contribution in [-0.2, 0) is 6.54 Å². The number of primary amides is 1. The first-order chi connectivity index (χ1) is 11.0. The molecule has 0 spiro atoms. The van der Waals surface area contributed by atoms with Gasteiger partial charge in [-0.1, -0.05) is 18.2 Å². The van der Waals surface area contributed by atoms with Crippen molar-refractivity contribution >= 4 is 17.4 Å². The van der Waals surface area contributed by atoms with Crippen molar-refractivity contribution in [1.82, 2.24) is 9.38 Å². The van der Waals surface area contributed by atoms with Gasteiger partial charge in [0, 0.05) is 18.3 Å². The molecule has 3 N–H and O–H groups in total. The predicted octanol–water partition coefficient (Wildman–Crippen LogP) is 2.97. The monoisotopic (exact) mass is 308 g/mol. The summed E-state index contributed by atoms with van der Waals surface area (Å²) in [6, 6.07) is 9.73. The molecular weight excluding hydrogens is 288 g/mol. The maximum atomic E-state index is 11.5. The van der Waals surface area contributed by atoms with Gasteiger partial charge in [-0.05, 0) is 49.6 Å². The summed E-state index contributed by atoms with van der Waals surface area (Å²) in [5.74, 6) is 0.350. The Bertz CT molecular complexity index is 875. The van der Waals surface area contributed by atoms with Crippen LogP contribution in [0.5, 0.6) is 0 Å². The maximum Gasteiger partial charge on any atom is 0.248 e. The van der Waals surface area contributed by atoms with Gasteiger partial charge >= 0.3 is 0 Å². The molecule has 2 heterocycles. The molecular formula is C18H20N4O. The van der Waals surface area contributed by atoms with E-state index in [1.165, 1.54) is 16.7 Å². The van der Waals surface area contributed by atoms with E-state index in [1.807, 2.05) is 17.5 Å². The minimum absolute atomic E-state index is 0.451. The van der Waals surface area contributed by atoms with Crippen LogP contribution in [0.25, 0.3) is 5.65 Å². The fraction of sp³-hybridized carbons (Fsp3) is 0.222. The second-order valence-electron chi connectivity index (χ2n) is 5.83. The zero-order chi connectivity index (χ0) is 16.6. The molecule has 0 aliphatic heterocycles. The van der Waals surface area contributed by atoms with Gasteiger partial charge in [-0.2, -0.15) is 0 Å². The predicted molar refractivity (Wildman–Crippen MR) is 91.7 cm³/mol. The number of carbonyl (C=O) groups excluding carboxylic acids is 1. The number of hydrogen-bond donors (Lipinski definition) is 2. The molecule has 0 aliphatic carbocycles. The van der Waals surface area contributed by atoms with Crippen molar-refractivity contribution in [3.63, 3.8) is 0 Å². The van der Waals surface area contributed by atoms with E-state index in [1.54, 1.807) is 12.1 Å². The second-order valence-corrected chi connectivity index (χ2v) is 5.83. The Morgan fingerprint density at radius 2 is 1.91 bits per heavy atom. The largest absolute Gasteiger partial charge is 0.367 e. The molecule has 3 aromatic rings. The summed E-state index contributed by atoms with van der Waals surface area (Å²) in [5.41, 5.74) is 11.2. The van der Waals surface area contributed by atoms with E-state index >= 15 is 0 Å². The Balaban J connectivity index is 2.00. The number of anilines is 1. The number of nitrogens with zero attached hydrogens (tertiary/aromatic N) is 2. The quantitative estimate of drug-likeness (QED) is 0.778. The van der Waals surface area contributed by atoms with Gasteiger partial charge in [0.2, 0.25) is 5.91 Å². The topological polar surface area (TPSA) is 72.4 Å². The highest BCUT2D eigenvalue weighted by Crippen LogP contribution is 2.19. The van der Waals surface area contributed by atoms with E-state index < -0.39 is 5.91 Å². The molecule has 0 saturated carbocycles. The van der Waals surface area contributed by atoms with Crippen LogP contribution in [0.2, 0.25) is 0 Å². The van der Waals surface area contributed by atoms with Gasteiger partial charge in [-0.25, -0.2) is 4.98 Å². The van der Waals surface area contributed by atoms with Crippen molar-refractivity contribution < 1.29 is 4.79 Å². The number of hydrogen-bond acceptors (Lipinski definition) is 3. The molecule has 3 rings (SSSR count). The van der Waals surface area contributed by atoms with Crippen LogP contribution in [0.4, 0.5) is 5.82 Å². The minimum atomic E-state index is -0.455. The number of imidazole rings is 1. The van der Waals surface area contributed by atoms with Crippen LogP contribution in [0.15, 0.2) is 36.5 Å². The number of fused-ring (bicyclic) bond motifs is 1. The number of amides is 1. The van der Waals surface area contributed by atoms with Crippen LogP contribution in [0, 0.1) is 20.8 Å². The van der Waals surface area contributed by atoms with Crippen LogP contribution < -0.4 is 11.1 Å². The highest BCUT2D eigenvalue weighted by molar-refractivity contribution is 5.94. The van der Waals surface area contributed by atoms with Crippen LogP contribution >= 0.6 is 0 Å². The molecule has 23 heavy (non-hydrogen) atoms. The average Bonchev–Trinajstić information content (AvgIpc) is 2.86. The molecule has 0 atom stereocenters. The Morgan fingerprint density at radius 1 is 1.22 bits per heavy atom.